The molecule has 1 aliphatic rings. The van der Waals surface area contributed by atoms with Gasteiger partial charge in [-0.05, 0) is 48.8 Å². The molecule has 4 aromatic rings. The van der Waals surface area contributed by atoms with Crippen molar-refractivity contribution in [2.45, 2.75) is 22.4 Å². The smallest absolute Gasteiger partial charge is 0.475 e. The Labute approximate surface area is 246 Å². The number of carbonyl (C=O) groups is 1. The van der Waals surface area contributed by atoms with Crippen LogP contribution in [0.2, 0.25) is 0 Å². The number of carboxylic acid groups (broad SMARTS) is 1. The molecule has 1 aliphatic heterocycles. The van der Waals surface area contributed by atoms with Crippen LogP contribution in [-0.4, -0.2) is 91.3 Å². The molecule has 1 atom stereocenters. The van der Waals surface area contributed by atoms with Crippen molar-refractivity contribution in [2.24, 2.45) is 11.1 Å². The molecule has 0 spiro atoms. The Morgan fingerprint density at radius 3 is 2.47 bits per heavy atom. The summed E-state index contributed by atoms with van der Waals surface area (Å²) in [5.41, 5.74) is 7.14. The molecule has 0 saturated carbocycles. The number of fused-ring (bicyclic) bond motifs is 1. The lowest BCUT2D eigenvalue weighted by atomic mass is 9.98. The molecule has 21 heteroatoms. The number of hydrogen-bond donors (Lipinski definition) is 5. The summed E-state index contributed by atoms with van der Waals surface area (Å²) in [7, 11) is -6.91. The number of H-pyrrole nitrogens is 1. The van der Waals surface area contributed by atoms with Crippen LogP contribution in [0.3, 0.4) is 0 Å². The molecule has 2 aromatic carbocycles. The van der Waals surface area contributed by atoms with Crippen LogP contribution >= 0.6 is 11.3 Å². The maximum atomic E-state index is 13.4. The second-order valence-corrected chi connectivity index (χ2v) is 13.7. The predicted molar refractivity (Wildman–Crippen MR) is 148 cm³/mol. The molecule has 0 radical (unpaired) electrons. The zero-order valence-corrected chi connectivity index (χ0v) is 24.5. The van der Waals surface area contributed by atoms with E-state index in [-0.39, 0.29) is 23.9 Å². The SMILES string of the molecule is CN1CCC(CNS(=O)(=O)c2ccc(-c3cccc4sc(N)nc34)c(-c3nn[nH]n3)c2S(N)(=O)=O)C1.O=C(O)C(F)(F)F. The summed E-state index contributed by atoms with van der Waals surface area (Å²) in [5.74, 6) is -2.79. The van der Waals surface area contributed by atoms with Gasteiger partial charge in [0.15, 0.2) is 5.13 Å². The number of alkyl halides is 3. The van der Waals surface area contributed by atoms with E-state index in [0.29, 0.717) is 21.8 Å². The Balaban J connectivity index is 0.000000541. The highest BCUT2D eigenvalue weighted by Crippen LogP contribution is 2.41. The highest BCUT2D eigenvalue weighted by atomic mass is 32.2. The van der Waals surface area contributed by atoms with E-state index in [1.165, 1.54) is 23.5 Å². The molecule has 7 N–H and O–H groups in total. The number of benzene rings is 2. The number of primary sulfonamides is 1. The minimum absolute atomic E-state index is 0.103. The maximum Gasteiger partial charge on any atom is 0.490 e. The minimum atomic E-state index is -5.08. The summed E-state index contributed by atoms with van der Waals surface area (Å²) in [5, 5.41) is 26.8. The number of nitrogens with one attached hydrogen (secondary N) is 2. The van der Waals surface area contributed by atoms with E-state index in [2.05, 4.69) is 35.2 Å². The van der Waals surface area contributed by atoms with Crippen molar-refractivity contribution < 1.29 is 39.9 Å². The van der Waals surface area contributed by atoms with Crippen LogP contribution in [-0.2, 0) is 24.8 Å². The van der Waals surface area contributed by atoms with Crippen molar-refractivity contribution >= 4 is 52.7 Å². The van der Waals surface area contributed by atoms with Crippen LogP contribution in [0.1, 0.15) is 6.42 Å². The van der Waals surface area contributed by atoms with Gasteiger partial charge in [0.05, 0.1) is 15.8 Å². The Hall–Kier alpha value is -3.76. The first-order valence-corrected chi connectivity index (χ1v) is 15.9. The second kappa shape index (κ2) is 12.1. The number of nitrogens with zero attached hydrogens (tertiary/aromatic N) is 5. The van der Waals surface area contributed by atoms with E-state index in [1.54, 1.807) is 12.1 Å². The van der Waals surface area contributed by atoms with E-state index in [9.17, 15) is 30.0 Å². The zero-order valence-electron chi connectivity index (χ0n) is 22.0. The summed E-state index contributed by atoms with van der Waals surface area (Å²) in [6.07, 6.45) is -4.26. The number of aromatic nitrogens is 5. The van der Waals surface area contributed by atoms with Crippen molar-refractivity contribution in [1.82, 2.24) is 35.2 Å². The third-order valence-electron chi connectivity index (χ3n) is 6.28. The number of carboxylic acids is 1. The van der Waals surface area contributed by atoms with Crippen LogP contribution in [0.4, 0.5) is 18.3 Å². The fraction of sp³-hybridized carbons (Fsp3) is 0.318. The quantitative estimate of drug-likeness (QED) is 0.188. The molecule has 0 bridgehead atoms. The van der Waals surface area contributed by atoms with Crippen molar-refractivity contribution in [1.29, 1.82) is 0 Å². The summed E-state index contributed by atoms with van der Waals surface area (Å²) < 4.78 is 87.7. The Bertz CT molecular complexity index is 1860. The van der Waals surface area contributed by atoms with E-state index >= 15 is 0 Å². The minimum Gasteiger partial charge on any atom is -0.475 e. The number of aromatic amines is 1. The van der Waals surface area contributed by atoms with Gasteiger partial charge in [0, 0.05) is 18.7 Å². The molecule has 0 aliphatic carbocycles. The molecule has 1 fully saturated rings. The van der Waals surface area contributed by atoms with E-state index in [4.69, 9.17) is 20.8 Å². The fourth-order valence-electron chi connectivity index (χ4n) is 4.45. The van der Waals surface area contributed by atoms with Gasteiger partial charge >= 0.3 is 12.1 Å². The lowest BCUT2D eigenvalue weighted by molar-refractivity contribution is -0.192. The summed E-state index contributed by atoms with van der Waals surface area (Å²) in [4.78, 5) is 14.2. The molecule has 2 aromatic heterocycles. The molecule has 0 amide bonds. The van der Waals surface area contributed by atoms with Crippen LogP contribution in [0.15, 0.2) is 40.1 Å². The van der Waals surface area contributed by atoms with E-state index in [1.807, 2.05) is 13.1 Å². The number of nitrogens with two attached hydrogens (primary N) is 2. The van der Waals surface area contributed by atoms with Gasteiger partial charge in [-0.15, -0.1) is 10.2 Å². The number of para-hydroxylation sites is 1. The standard InChI is InChI=1S/C20H23N9O4S3.C2HF3O2/c1-29-8-7-11(10-29)9-23-36(32,33)15-6-5-12(13-3-2-4-14-17(13)24-20(21)34-14)16(18(15)35(22,30)31)19-25-27-28-26-19;3-2(4,5)1(6)7/h2-6,11,23H,7-10H2,1H3,(H2,21,24)(H2,22,30,31)(H,25,26,27,28);(H,6,7). The molecule has 232 valence electrons. The molecule has 1 unspecified atom stereocenters. The van der Waals surface area contributed by atoms with Gasteiger partial charge in [0.25, 0.3) is 0 Å². The van der Waals surface area contributed by atoms with E-state index < -0.39 is 42.0 Å². The average molecular weight is 664 g/mol. The maximum absolute atomic E-state index is 13.4. The first kappa shape index (κ1) is 32.2. The first-order valence-electron chi connectivity index (χ1n) is 12.1. The zero-order chi connectivity index (χ0) is 31.7. The second-order valence-electron chi connectivity index (χ2n) is 9.37. The van der Waals surface area contributed by atoms with Gasteiger partial charge in [-0.25, -0.2) is 36.5 Å². The average Bonchev–Trinajstić information content (AvgIpc) is 3.66. The lowest BCUT2D eigenvalue weighted by Crippen LogP contribution is -2.32. The highest BCUT2D eigenvalue weighted by Gasteiger charge is 2.38. The number of likely N-dealkylation sites (tertiary alicyclic amines) is 1. The fourth-order valence-corrected chi connectivity index (χ4v) is 7.93. The summed E-state index contributed by atoms with van der Waals surface area (Å²) >= 11 is 1.26. The summed E-state index contributed by atoms with van der Waals surface area (Å²) in [6.45, 7) is 1.75. The van der Waals surface area contributed by atoms with Gasteiger partial charge in [0.1, 0.15) is 9.79 Å². The number of rotatable bonds is 7. The third-order valence-corrected chi connectivity index (χ3v) is 9.72. The molecule has 3 heterocycles. The van der Waals surface area contributed by atoms with Crippen LogP contribution in [0, 0.1) is 5.92 Å². The number of aliphatic carboxylic acids is 1. The van der Waals surface area contributed by atoms with Gasteiger partial charge in [-0.3, -0.25) is 0 Å². The molecule has 43 heavy (non-hydrogen) atoms. The van der Waals surface area contributed by atoms with Gasteiger partial charge in [0.2, 0.25) is 25.9 Å². The lowest BCUT2D eigenvalue weighted by Gasteiger charge is -2.18. The summed E-state index contributed by atoms with van der Waals surface area (Å²) in [6, 6.07) is 8.01. The normalized spacial score (nSPS) is 16.3. The number of thiazole rings is 1. The first-order chi connectivity index (χ1) is 20.0. The van der Waals surface area contributed by atoms with Gasteiger partial charge in [-0.2, -0.15) is 18.4 Å². The Kier molecular flexibility index (Phi) is 9.04. The third kappa shape index (κ3) is 7.25. The highest BCUT2D eigenvalue weighted by molar-refractivity contribution is 7.92. The van der Waals surface area contributed by atoms with Crippen LogP contribution < -0.4 is 15.6 Å². The van der Waals surface area contributed by atoms with Gasteiger partial charge < -0.3 is 15.7 Å². The predicted octanol–water partition coefficient (Wildman–Crippen LogP) is 1.24. The number of tetrazole rings is 1. The largest absolute Gasteiger partial charge is 0.490 e. The van der Waals surface area contributed by atoms with E-state index in [0.717, 1.165) is 24.2 Å². The van der Waals surface area contributed by atoms with Crippen LogP contribution in [0.25, 0.3) is 32.7 Å². The van der Waals surface area contributed by atoms with Crippen LogP contribution in [0.5, 0.6) is 0 Å². The molecular formula is C22H24F3N9O6S3. The van der Waals surface area contributed by atoms with Gasteiger partial charge in [-0.1, -0.05) is 29.5 Å². The van der Waals surface area contributed by atoms with Crippen molar-refractivity contribution in [3.8, 4) is 22.5 Å². The topological polar surface area (TPSA) is 240 Å². The Morgan fingerprint density at radius 2 is 1.91 bits per heavy atom. The Morgan fingerprint density at radius 1 is 1.21 bits per heavy atom. The molecule has 5 rings (SSSR count). The number of halogens is 3. The number of sulfonamides is 2. The monoisotopic (exact) mass is 663 g/mol. The van der Waals surface area contributed by atoms with Crippen molar-refractivity contribution in [3.05, 3.63) is 30.3 Å². The molecule has 1 saturated heterocycles. The molecule has 15 nitrogen and oxygen atoms in total. The van der Waals surface area contributed by atoms with Crippen molar-refractivity contribution in [2.75, 3.05) is 32.4 Å². The number of anilines is 1. The number of nitrogen functional groups attached to an aromatic ring is 1. The number of hydrogen-bond acceptors (Lipinski definition) is 12. The van der Waals surface area contributed by atoms with Crippen molar-refractivity contribution in [3.63, 3.8) is 0 Å². The molecular weight excluding hydrogens is 639 g/mol.